The normalized spacial score (nSPS) is 27.3. The summed E-state index contributed by atoms with van der Waals surface area (Å²) in [6.45, 7) is 2.02. The van der Waals surface area contributed by atoms with Crippen LogP contribution in [0.1, 0.15) is 6.42 Å². The van der Waals surface area contributed by atoms with E-state index in [1.54, 1.807) is 11.8 Å². The molecular formula is C7H15NO2S. The fourth-order valence-electron chi connectivity index (χ4n) is 1.07. The molecule has 1 heterocycles. The fraction of sp³-hybridized carbons (Fsp3) is 1.00. The van der Waals surface area contributed by atoms with Crippen molar-refractivity contribution in [2.45, 2.75) is 17.8 Å². The van der Waals surface area contributed by atoms with E-state index in [0.717, 1.165) is 13.1 Å². The second-order valence-electron chi connectivity index (χ2n) is 2.78. The lowest BCUT2D eigenvalue weighted by atomic mass is 10.4. The number of rotatable bonds is 4. The maximum absolute atomic E-state index is 9.03. The Morgan fingerprint density at radius 3 is 3.00 bits per heavy atom. The molecule has 3 nitrogen and oxygen atoms in total. The molecule has 0 saturated carbocycles. The molecule has 1 saturated heterocycles. The first-order valence-corrected chi connectivity index (χ1v) is 4.99. The van der Waals surface area contributed by atoms with Crippen molar-refractivity contribution >= 4 is 11.8 Å². The molecule has 2 atom stereocenters. The van der Waals surface area contributed by atoms with Gasteiger partial charge in [0.2, 0.25) is 0 Å². The zero-order valence-electron chi connectivity index (χ0n) is 6.49. The van der Waals surface area contributed by atoms with E-state index >= 15 is 0 Å². The minimum absolute atomic E-state index is 0.118. The highest BCUT2D eigenvalue weighted by atomic mass is 32.2. The van der Waals surface area contributed by atoms with Gasteiger partial charge in [-0.05, 0) is 13.0 Å². The lowest BCUT2D eigenvalue weighted by Gasteiger charge is -2.10. The van der Waals surface area contributed by atoms with Crippen LogP contribution >= 0.6 is 11.8 Å². The first-order chi connectivity index (χ1) is 5.33. The molecule has 3 N–H and O–H groups in total. The van der Waals surface area contributed by atoms with Gasteiger partial charge in [0.15, 0.2) is 0 Å². The largest absolute Gasteiger partial charge is 0.394 e. The van der Waals surface area contributed by atoms with E-state index in [1.165, 1.54) is 6.42 Å². The number of hydrogen-bond donors (Lipinski definition) is 3. The molecular weight excluding hydrogens is 162 g/mol. The molecule has 1 rings (SSSR count). The molecule has 2 unspecified atom stereocenters. The van der Waals surface area contributed by atoms with Crippen molar-refractivity contribution in [3.05, 3.63) is 0 Å². The third-order valence-corrected chi connectivity index (χ3v) is 3.20. The van der Waals surface area contributed by atoms with Crippen LogP contribution in [0.2, 0.25) is 0 Å². The quantitative estimate of drug-likeness (QED) is 0.538. The number of hydrogen-bond acceptors (Lipinski definition) is 4. The van der Waals surface area contributed by atoms with Crippen LogP contribution in [-0.2, 0) is 0 Å². The summed E-state index contributed by atoms with van der Waals surface area (Å²) in [4.78, 5) is 0. The van der Waals surface area contributed by atoms with E-state index in [-0.39, 0.29) is 6.61 Å². The van der Waals surface area contributed by atoms with Crippen LogP contribution in [0.4, 0.5) is 0 Å². The van der Waals surface area contributed by atoms with Crippen molar-refractivity contribution in [2.24, 2.45) is 0 Å². The highest BCUT2D eigenvalue weighted by molar-refractivity contribution is 8.00. The topological polar surface area (TPSA) is 52.5 Å². The molecule has 0 aromatic heterocycles. The summed E-state index contributed by atoms with van der Waals surface area (Å²) in [6.07, 6.45) is 0.642. The zero-order valence-corrected chi connectivity index (χ0v) is 7.31. The minimum Gasteiger partial charge on any atom is -0.394 e. The van der Waals surface area contributed by atoms with Gasteiger partial charge in [-0.15, -0.1) is 0 Å². The Kier molecular flexibility index (Phi) is 4.22. The highest BCUT2D eigenvalue weighted by Gasteiger charge is 2.15. The molecule has 1 aliphatic heterocycles. The Bertz CT molecular complexity index is 107. The van der Waals surface area contributed by atoms with Crippen LogP contribution in [0.3, 0.4) is 0 Å². The summed E-state index contributed by atoms with van der Waals surface area (Å²) >= 11 is 1.74. The number of aliphatic hydroxyl groups is 2. The summed E-state index contributed by atoms with van der Waals surface area (Å²) in [5.74, 6) is 0.656. The average Bonchev–Trinajstić information content (AvgIpc) is 2.52. The molecule has 1 aliphatic rings. The van der Waals surface area contributed by atoms with Crippen molar-refractivity contribution in [1.82, 2.24) is 5.32 Å². The van der Waals surface area contributed by atoms with Gasteiger partial charge in [-0.3, -0.25) is 0 Å². The van der Waals surface area contributed by atoms with Crippen LogP contribution in [0.15, 0.2) is 0 Å². The molecule has 0 radical (unpaired) electrons. The number of thioether (sulfide) groups is 1. The van der Waals surface area contributed by atoms with Gasteiger partial charge in [0, 0.05) is 17.5 Å². The standard InChI is InChI=1S/C7H15NO2S/c9-4-6(10)5-11-7-1-2-8-3-7/h6-10H,1-5H2. The molecule has 0 spiro atoms. The molecule has 11 heavy (non-hydrogen) atoms. The van der Waals surface area contributed by atoms with E-state index in [4.69, 9.17) is 10.2 Å². The number of aliphatic hydroxyl groups excluding tert-OH is 2. The van der Waals surface area contributed by atoms with Gasteiger partial charge in [0.05, 0.1) is 12.7 Å². The van der Waals surface area contributed by atoms with Gasteiger partial charge >= 0.3 is 0 Å². The lowest BCUT2D eigenvalue weighted by molar-refractivity contribution is 0.113. The second kappa shape index (κ2) is 4.98. The molecule has 0 aromatic rings. The Labute approximate surface area is 71.2 Å². The van der Waals surface area contributed by atoms with Crippen molar-refractivity contribution in [2.75, 3.05) is 25.4 Å². The van der Waals surface area contributed by atoms with Gasteiger partial charge in [-0.2, -0.15) is 11.8 Å². The summed E-state index contributed by atoms with van der Waals surface area (Å²) < 4.78 is 0. The Morgan fingerprint density at radius 1 is 1.64 bits per heavy atom. The molecule has 0 aliphatic carbocycles. The molecule has 0 bridgehead atoms. The van der Waals surface area contributed by atoms with E-state index in [1.807, 2.05) is 0 Å². The third-order valence-electron chi connectivity index (χ3n) is 1.75. The van der Waals surface area contributed by atoms with Crippen LogP contribution in [-0.4, -0.2) is 47.0 Å². The molecule has 4 heteroatoms. The summed E-state index contributed by atoms with van der Waals surface area (Å²) in [5.41, 5.74) is 0. The summed E-state index contributed by atoms with van der Waals surface area (Å²) in [7, 11) is 0. The summed E-state index contributed by atoms with van der Waals surface area (Å²) in [6, 6.07) is 0. The van der Waals surface area contributed by atoms with E-state index in [2.05, 4.69) is 5.32 Å². The van der Waals surface area contributed by atoms with E-state index in [0.29, 0.717) is 11.0 Å². The SMILES string of the molecule is OCC(O)CSC1CCNC1. The summed E-state index contributed by atoms with van der Waals surface area (Å²) in [5, 5.41) is 21.4. The Morgan fingerprint density at radius 2 is 2.45 bits per heavy atom. The first-order valence-electron chi connectivity index (χ1n) is 3.94. The average molecular weight is 177 g/mol. The predicted octanol–water partition coefficient (Wildman–Crippen LogP) is -0.565. The van der Waals surface area contributed by atoms with Gasteiger partial charge in [0.25, 0.3) is 0 Å². The maximum atomic E-state index is 9.03. The van der Waals surface area contributed by atoms with Crippen molar-refractivity contribution in [3.63, 3.8) is 0 Å². The van der Waals surface area contributed by atoms with Crippen LogP contribution in [0.25, 0.3) is 0 Å². The molecule has 0 amide bonds. The second-order valence-corrected chi connectivity index (χ2v) is 4.12. The number of nitrogens with one attached hydrogen (secondary N) is 1. The monoisotopic (exact) mass is 177 g/mol. The molecule has 66 valence electrons. The van der Waals surface area contributed by atoms with E-state index < -0.39 is 6.10 Å². The van der Waals surface area contributed by atoms with E-state index in [9.17, 15) is 0 Å². The Balaban J connectivity index is 2.01. The fourth-order valence-corrected chi connectivity index (χ4v) is 2.19. The van der Waals surface area contributed by atoms with Crippen LogP contribution in [0, 0.1) is 0 Å². The van der Waals surface area contributed by atoms with Crippen molar-refractivity contribution in [1.29, 1.82) is 0 Å². The van der Waals surface area contributed by atoms with Gasteiger partial charge < -0.3 is 15.5 Å². The smallest absolute Gasteiger partial charge is 0.0861 e. The first kappa shape index (κ1) is 9.32. The maximum Gasteiger partial charge on any atom is 0.0861 e. The third kappa shape index (κ3) is 3.42. The Hall–Kier alpha value is 0.230. The van der Waals surface area contributed by atoms with Gasteiger partial charge in [-0.25, -0.2) is 0 Å². The molecule has 1 fully saturated rings. The van der Waals surface area contributed by atoms with Gasteiger partial charge in [0.1, 0.15) is 0 Å². The van der Waals surface area contributed by atoms with Crippen LogP contribution < -0.4 is 5.32 Å². The highest BCUT2D eigenvalue weighted by Crippen LogP contribution is 2.17. The van der Waals surface area contributed by atoms with Crippen molar-refractivity contribution in [3.8, 4) is 0 Å². The van der Waals surface area contributed by atoms with Gasteiger partial charge in [-0.1, -0.05) is 0 Å². The lowest BCUT2D eigenvalue weighted by Crippen LogP contribution is -2.18. The van der Waals surface area contributed by atoms with Crippen molar-refractivity contribution < 1.29 is 10.2 Å². The minimum atomic E-state index is -0.541. The molecule has 0 aromatic carbocycles. The van der Waals surface area contributed by atoms with Crippen LogP contribution in [0.5, 0.6) is 0 Å². The predicted molar refractivity (Wildman–Crippen MR) is 46.8 cm³/mol. The zero-order chi connectivity index (χ0) is 8.10.